The number of hydrogen-bond acceptors (Lipinski definition) is 6. The van der Waals surface area contributed by atoms with Crippen molar-refractivity contribution >= 4 is 11.8 Å². The third-order valence-corrected chi connectivity index (χ3v) is 4.76. The average Bonchev–Trinajstić information content (AvgIpc) is 3.22. The minimum Gasteiger partial charge on any atom is -0.344 e. The summed E-state index contributed by atoms with van der Waals surface area (Å²) in [6, 6.07) is 3.22. The summed E-state index contributed by atoms with van der Waals surface area (Å²) in [6.45, 7) is 9.63. The van der Waals surface area contributed by atoms with E-state index in [2.05, 4.69) is 34.3 Å². The topological polar surface area (TPSA) is 101 Å². The first-order valence-electron chi connectivity index (χ1n) is 10.8. The molecule has 30 heavy (non-hydrogen) atoms. The van der Waals surface area contributed by atoms with E-state index in [-0.39, 0.29) is 30.2 Å². The fourth-order valence-electron chi connectivity index (χ4n) is 3.20. The minimum atomic E-state index is -0.382. The zero-order chi connectivity index (χ0) is 21.9. The van der Waals surface area contributed by atoms with Crippen LogP contribution in [0.15, 0.2) is 29.0 Å². The highest BCUT2D eigenvalue weighted by molar-refractivity contribution is 5.79. The third-order valence-electron chi connectivity index (χ3n) is 4.76. The Morgan fingerprint density at radius 2 is 1.77 bits per heavy atom. The van der Waals surface area contributed by atoms with Crippen molar-refractivity contribution < 1.29 is 14.1 Å². The molecule has 8 heteroatoms. The van der Waals surface area contributed by atoms with Gasteiger partial charge >= 0.3 is 0 Å². The van der Waals surface area contributed by atoms with E-state index in [9.17, 15) is 9.59 Å². The van der Waals surface area contributed by atoms with Crippen LogP contribution in [-0.4, -0.2) is 44.9 Å². The van der Waals surface area contributed by atoms with Crippen LogP contribution >= 0.6 is 0 Å². The molecule has 0 radical (unpaired) electrons. The van der Waals surface area contributed by atoms with E-state index >= 15 is 0 Å². The number of pyridine rings is 1. The normalized spacial score (nSPS) is 12.0. The molecule has 2 heterocycles. The Morgan fingerprint density at radius 1 is 1.10 bits per heavy atom. The SMILES string of the molecule is CCCN(CCC)C(=O)CCCC(=O)NC(c1nc(-c2ccncc2)no1)C(C)C. The zero-order valence-electron chi connectivity index (χ0n) is 18.4. The minimum absolute atomic E-state index is 0.0749. The highest BCUT2D eigenvalue weighted by Crippen LogP contribution is 2.23. The second-order valence-corrected chi connectivity index (χ2v) is 7.72. The van der Waals surface area contributed by atoms with Crippen LogP contribution in [0.4, 0.5) is 0 Å². The number of carbonyl (C=O) groups is 2. The lowest BCUT2D eigenvalue weighted by Gasteiger charge is -2.21. The van der Waals surface area contributed by atoms with Gasteiger partial charge in [0.1, 0.15) is 6.04 Å². The number of hydrogen-bond donors (Lipinski definition) is 1. The lowest BCUT2D eigenvalue weighted by atomic mass is 10.0. The number of aromatic nitrogens is 3. The predicted molar refractivity (Wildman–Crippen MR) is 114 cm³/mol. The van der Waals surface area contributed by atoms with Crippen LogP contribution < -0.4 is 5.32 Å². The second kappa shape index (κ2) is 12.0. The molecule has 2 rings (SSSR count). The molecule has 1 unspecified atom stereocenters. The first kappa shape index (κ1) is 23.5. The Bertz CT molecular complexity index is 785. The van der Waals surface area contributed by atoms with E-state index in [1.54, 1.807) is 24.5 Å². The number of carbonyl (C=O) groups excluding carboxylic acids is 2. The van der Waals surface area contributed by atoms with Crippen molar-refractivity contribution in [2.24, 2.45) is 5.92 Å². The van der Waals surface area contributed by atoms with Gasteiger partial charge in [-0.15, -0.1) is 0 Å². The maximum absolute atomic E-state index is 12.5. The zero-order valence-corrected chi connectivity index (χ0v) is 18.4. The van der Waals surface area contributed by atoms with E-state index in [0.29, 0.717) is 24.6 Å². The maximum atomic E-state index is 12.5. The fourth-order valence-corrected chi connectivity index (χ4v) is 3.20. The van der Waals surface area contributed by atoms with Gasteiger partial charge < -0.3 is 14.7 Å². The predicted octanol–water partition coefficient (Wildman–Crippen LogP) is 3.76. The standard InChI is InChI=1S/C22H33N5O3/c1-5-14-27(15-6-2)19(29)9-7-8-18(28)24-20(16(3)4)22-25-21(26-30-22)17-10-12-23-13-11-17/h10-13,16,20H,5-9,14-15H2,1-4H3,(H,24,28). The van der Waals surface area contributed by atoms with E-state index < -0.39 is 0 Å². The lowest BCUT2D eigenvalue weighted by molar-refractivity contribution is -0.131. The van der Waals surface area contributed by atoms with Crippen LogP contribution in [0.5, 0.6) is 0 Å². The average molecular weight is 416 g/mol. The molecule has 0 aliphatic carbocycles. The Balaban J connectivity index is 1.90. The summed E-state index contributed by atoms with van der Waals surface area (Å²) in [5.74, 6) is 0.905. The molecule has 2 amide bonds. The van der Waals surface area contributed by atoms with Crippen LogP contribution in [0.2, 0.25) is 0 Å². The van der Waals surface area contributed by atoms with Gasteiger partial charge in [0.25, 0.3) is 0 Å². The summed E-state index contributed by atoms with van der Waals surface area (Å²) in [5, 5.41) is 7.00. The smallest absolute Gasteiger partial charge is 0.249 e. The van der Waals surface area contributed by atoms with Crippen LogP contribution in [0.1, 0.15) is 71.7 Å². The van der Waals surface area contributed by atoms with Gasteiger partial charge in [-0.1, -0.05) is 32.9 Å². The number of nitrogens with one attached hydrogen (secondary N) is 1. The summed E-state index contributed by atoms with van der Waals surface area (Å²) < 4.78 is 5.41. The van der Waals surface area contributed by atoms with Gasteiger partial charge in [0.15, 0.2) is 0 Å². The van der Waals surface area contributed by atoms with Crippen molar-refractivity contribution in [3.05, 3.63) is 30.4 Å². The van der Waals surface area contributed by atoms with Crippen molar-refractivity contribution in [1.82, 2.24) is 25.3 Å². The molecule has 0 aromatic carbocycles. The first-order valence-corrected chi connectivity index (χ1v) is 10.8. The largest absolute Gasteiger partial charge is 0.344 e. The molecule has 1 N–H and O–H groups in total. The van der Waals surface area contributed by atoms with Crippen molar-refractivity contribution in [2.45, 2.75) is 65.8 Å². The third kappa shape index (κ3) is 6.93. The summed E-state index contributed by atoms with van der Waals surface area (Å²) in [7, 11) is 0. The Kier molecular flexibility index (Phi) is 9.44. The van der Waals surface area contributed by atoms with Crippen LogP contribution in [0, 0.1) is 5.92 Å². The highest BCUT2D eigenvalue weighted by atomic mass is 16.5. The second-order valence-electron chi connectivity index (χ2n) is 7.72. The fraction of sp³-hybridized carbons (Fsp3) is 0.591. The van der Waals surface area contributed by atoms with Crippen LogP contribution in [0.25, 0.3) is 11.4 Å². The van der Waals surface area contributed by atoms with Gasteiger partial charge in [-0.2, -0.15) is 4.98 Å². The van der Waals surface area contributed by atoms with Gasteiger partial charge in [0.2, 0.25) is 23.5 Å². The van der Waals surface area contributed by atoms with E-state index in [0.717, 1.165) is 31.5 Å². The Hall–Kier alpha value is -2.77. The van der Waals surface area contributed by atoms with Crippen LogP contribution in [0.3, 0.4) is 0 Å². The molecular weight excluding hydrogens is 382 g/mol. The summed E-state index contributed by atoms with van der Waals surface area (Å²) in [6.07, 6.45) is 6.39. The molecule has 0 fully saturated rings. The van der Waals surface area contributed by atoms with Gasteiger partial charge in [-0.05, 0) is 37.3 Å². The monoisotopic (exact) mass is 415 g/mol. The number of amides is 2. The molecule has 0 bridgehead atoms. The Labute approximate surface area is 178 Å². The first-order chi connectivity index (χ1) is 14.5. The molecule has 0 aliphatic rings. The molecule has 1 atom stereocenters. The van der Waals surface area contributed by atoms with Gasteiger partial charge in [0.05, 0.1) is 0 Å². The lowest BCUT2D eigenvalue weighted by Crippen LogP contribution is -2.33. The summed E-state index contributed by atoms with van der Waals surface area (Å²) in [4.78, 5) is 35.1. The molecule has 164 valence electrons. The molecular formula is C22H33N5O3. The quantitative estimate of drug-likeness (QED) is 0.566. The molecule has 8 nitrogen and oxygen atoms in total. The maximum Gasteiger partial charge on any atom is 0.249 e. The van der Waals surface area contributed by atoms with E-state index in [1.165, 1.54) is 0 Å². The highest BCUT2D eigenvalue weighted by Gasteiger charge is 2.25. The molecule has 0 saturated heterocycles. The molecule has 0 saturated carbocycles. The van der Waals surface area contributed by atoms with Crippen molar-refractivity contribution in [1.29, 1.82) is 0 Å². The van der Waals surface area contributed by atoms with Gasteiger partial charge in [0, 0.05) is 43.9 Å². The molecule has 0 spiro atoms. The van der Waals surface area contributed by atoms with Gasteiger partial charge in [-0.25, -0.2) is 0 Å². The van der Waals surface area contributed by atoms with Crippen molar-refractivity contribution in [3.63, 3.8) is 0 Å². The van der Waals surface area contributed by atoms with Crippen molar-refractivity contribution in [3.8, 4) is 11.4 Å². The molecule has 2 aromatic rings. The van der Waals surface area contributed by atoms with Crippen molar-refractivity contribution in [2.75, 3.05) is 13.1 Å². The number of rotatable bonds is 12. The molecule has 2 aromatic heterocycles. The molecule has 0 aliphatic heterocycles. The summed E-state index contributed by atoms with van der Waals surface area (Å²) >= 11 is 0. The van der Waals surface area contributed by atoms with E-state index in [1.807, 2.05) is 18.7 Å². The van der Waals surface area contributed by atoms with E-state index in [4.69, 9.17) is 4.52 Å². The Morgan fingerprint density at radius 3 is 2.37 bits per heavy atom. The summed E-state index contributed by atoms with van der Waals surface area (Å²) in [5.41, 5.74) is 0.802. The van der Waals surface area contributed by atoms with Gasteiger partial charge in [-0.3, -0.25) is 14.6 Å². The number of nitrogens with zero attached hydrogens (tertiary/aromatic N) is 4. The van der Waals surface area contributed by atoms with Crippen LogP contribution in [-0.2, 0) is 9.59 Å².